The summed E-state index contributed by atoms with van der Waals surface area (Å²) in [4.78, 5) is 15.8. The summed E-state index contributed by atoms with van der Waals surface area (Å²) in [5, 5.41) is 7.43. The van der Waals surface area contributed by atoms with E-state index in [9.17, 15) is 0 Å². The molecule has 0 spiro atoms. The Morgan fingerprint density at radius 2 is 0.961 bits per heavy atom. The lowest BCUT2D eigenvalue weighted by Gasteiger charge is -2.14. The second-order valence-corrected chi connectivity index (χ2v) is 14.3. The fourth-order valence-corrected chi connectivity index (χ4v) is 9.04. The second-order valence-electron chi connectivity index (χ2n) is 13.2. The molecule has 2 heterocycles. The van der Waals surface area contributed by atoms with Gasteiger partial charge in [-0.15, -0.1) is 11.3 Å². The number of fused-ring (bicyclic) bond motifs is 7. The third-order valence-corrected chi connectivity index (χ3v) is 11.4. The molecule has 8 aromatic carbocycles. The van der Waals surface area contributed by atoms with Crippen molar-refractivity contribution in [1.82, 2.24) is 15.0 Å². The van der Waals surface area contributed by atoms with Crippen molar-refractivity contribution in [2.24, 2.45) is 0 Å². The number of benzene rings is 8. The lowest BCUT2D eigenvalue weighted by atomic mass is 9.93. The molecule has 10 aromatic rings. The van der Waals surface area contributed by atoms with Crippen molar-refractivity contribution in [1.29, 1.82) is 0 Å². The van der Waals surface area contributed by atoms with E-state index in [4.69, 9.17) is 15.0 Å². The van der Waals surface area contributed by atoms with E-state index in [0.29, 0.717) is 17.5 Å². The van der Waals surface area contributed by atoms with Crippen molar-refractivity contribution in [2.75, 3.05) is 0 Å². The van der Waals surface area contributed by atoms with Crippen LogP contribution in [0.2, 0.25) is 0 Å². The fraction of sp³-hybridized carbons (Fsp3) is 0. The average Bonchev–Trinajstić information content (AvgIpc) is 3.73. The summed E-state index contributed by atoms with van der Waals surface area (Å²) in [5.41, 5.74) is 10.2. The van der Waals surface area contributed by atoms with Crippen LogP contribution in [0.1, 0.15) is 0 Å². The smallest absolute Gasteiger partial charge is 0.165 e. The van der Waals surface area contributed by atoms with Crippen LogP contribution in [-0.2, 0) is 0 Å². The molecule has 0 N–H and O–H groups in total. The summed E-state index contributed by atoms with van der Waals surface area (Å²) < 4.78 is 2.49. The van der Waals surface area contributed by atoms with Gasteiger partial charge in [-0.2, -0.15) is 0 Å². The predicted octanol–water partition coefficient (Wildman–Crippen LogP) is 12.9. The molecular formula is C47H27N3S. The molecule has 0 unspecified atom stereocenters. The maximum Gasteiger partial charge on any atom is 0.165 e. The molecular weight excluding hydrogens is 639 g/mol. The zero-order valence-electron chi connectivity index (χ0n) is 27.3. The van der Waals surface area contributed by atoms with Gasteiger partial charge in [0, 0.05) is 42.4 Å². The molecule has 1 aliphatic rings. The second kappa shape index (κ2) is 11.0. The maximum atomic E-state index is 5.37. The van der Waals surface area contributed by atoms with Crippen LogP contribution in [0.15, 0.2) is 164 Å². The molecule has 0 saturated carbocycles. The SMILES string of the molecule is c1ccc(-c2nc(-c3ccc(-c4ccc5ccccc5c4)cc3)nc(-c3c4c(cc5sc6ccccc6c35)-c3cccc5cccc-4c35)n2)cc1. The number of hydrogen-bond donors (Lipinski definition) is 0. The first-order valence-corrected chi connectivity index (χ1v) is 18.0. The molecule has 51 heavy (non-hydrogen) atoms. The van der Waals surface area contributed by atoms with Gasteiger partial charge in [-0.05, 0) is 67.6 Å². The van der Waals surface area contributed by atoms with Gasteiger partial charge in [-0.25, -0.2) is 15.0 Å². The van der Waals surface area contributed by atoms with Gasteiger partial charge in [0.05, 0.1) is 0 Å². The Morgan fingerprint density at radius 3 is 1.78 bits per heavy atom. The highest BCUT2D eigenvalue weighted by atomic mass is 32.1. The van der Waals surface area contributed by atoms with Gasteiger partial charge < -0.3 is 0 Å². The van der Waals surface area contributed by atoms with E-state index in [2.05, 4.69) is 146 Å². The fourth-order valence-electron chi connectivity index (χ4n) is 7.89. The van der Waals surface area contributed by atoms with Crippen molar-refractivity contribution < 1.29 is 0 Å². The monoisotopic (exact) mass is 665 g/mol. The lowest BCUT2D eigenvalue weighted by molar-refractivity contribution is 1.08. The lowest BCUT2D eigenvalue weighted by Crippen LogP contribution is -2.01. The Kier molecular flexibility index (Phi) is 6.12. The van der Waals surface area contributed by atoms with E-state index >= 15 is 0 Å². The van der Waals surface area contributed by atoms with E-state index in [0.717, 1.165) is 22.3 Å². The average molecular weight is 666 g/mol. The van der Waals surface area contributed by atoms with Gasteiger partial charge >= 0.3 is 0 Å². The Labute approximate surface area is 298 Å². The molecule has 1 aliphatic carbocycles. The summed E-state index contributed by atoms with van der Waals surface area (Å²) >= 11 is 1.83. The van der Waals surface area contributed by atoms with Crippen LogP contribution in [0.25, 0.3) is 109 Å². The van der Waals surface area contributed by atoms with Crippen molar-refractivity contribution >= 4 is 53.1 Å². The van der Waals surface area contributed by atoms with E-state index in [-0.39, 0.29) is 0 Å². The first-order chi connectivity index (χ1) is 25.3. The highest BCUT2D eigenvalue weighted by molar-refractivity contribution is 7.26. The molecule has 236 valence electrons. The zero-order chi connectivity index (χ0) is 33.5. The molecule has 11 rings (SSSR count). The molecule has 0 amide bonds. The van der Waals surface area contributed by atoms with Crippen LogP contribution < -0.4 is 0 Å². The molecule has 3 nitrogen and oxygen atoms in total. The van der Waals surface area contributed by atoms with Gasteiger partial charge in [0.2, 0.25) is 0 Å². The Balaban J connectivity index is 1.17. The molecule has 0 radical (unpaired) electrons. The van der Waals surface area contributed by atoms with Crippen LogP contribution in [-0.4, -0.2) is 15.0 Å². The molecule has 0 saturated heterocycles. The van der Waals surface area contributed by atoms with Crippen LogP contribution in [0.4, 0.5) is 0 Å². The van der Waals surface area contributed by atoms with Crippen LogP contribution in [0.3, 0.4) is 0 Å². The van der Waals surface area contributed by atoms with Gasteiger partial charge in [-0.1, -0.05) is 146 Å². The van der Waals surface area contributed by atoms with Gasteiger partial charge in [0.15, 0.2) is 17.5 Å². The molecule has 0 fully saturated rings. The summed E-state index contributed by atoms with van der Waals surface area (Å²) in [5.74, 6) is 2.00. The van der Waals surface area contributed by atoms with Crippen molar-refractivity contribution in [3.63, 3.8) is 0 Å². The Hall–Kier alpha value is -6.49. The third kappa shape index (κ3) is 4.40. The van der Waals surface area contributed by atoms with Crippen LogP contribution in [0.5, 0.6) is 0 Å². The normalized spacial score (nSPS) is 11.9. The predicted molar refractivity (Wildman–Crippen MR) is 214 cm³/mol. The Morgan fingerprint density at radius 1 is 0.333 bits per heavy atom. The standard InChI is InChI=1S/C47H27N3S/c1-2-11-31(12-3-1)45-48-46(32-23-20-29(21-24-32)34-25-22-28-10-4-5-13-33(28)26-34)50-47(49-45)44-42-37-18-9-15-30-14-8-17-35(41(30)37)38(42)27-40-43(44)36-16-6-7-19-39(36)51-40/h1-27H. The number of rotatable bonds is 4. The molecule has 4 heteroatoms. The van der Waals surface area contributed by atoms with Crippen molar-refractivity contribution in [3.05, 3.63) is 164 Å². The molecule has 2 aromatic heterocycles. The molecule has 0 bridgehead atoms. The minimum Gasteiger partial charge on any atom is -0.208 e. The van der Waals surface area contributed by atoms with E-state index < -0.39 is 0 Å². The molecule has 0 atom stereocenters. The van der Waals surface area contributed by atoms with E-state index in [1.807, 2.05) is 29.5 Å². The van der Waals surface area contributed by atoms with Gasteiger partial charge in [-0.3, -0.25) is 0 Å². The van der Waals surface area contributed by atoms with E-state index in [1.54, 1.807) is 0 Å². The molecule has 0 aliphatic heterocycles. The zero-order valence-corrected chi connectivity index (χ0v) is 28.2. The highest BCUT2D eigenvalue weighted by Crippen LogP contribution is 2.55. The maximum absolute atomic E-state index is 5.37. The van der Waals surface area contributed by atoms with Crippen molar-refractivity contribution in [2.45, 2.75) is 0 Å². The number of hydrogen-bond acceptors (Lipinski definition) is 4. The number of thiophene rings is 1. The van der Waals surface area contributed by atoms with E-state index in [1.165, 1.54) is 69.5 Å². The Bertz CT molecular complexity index is 3010. The first kappa shape index (κ1) is 28.4. The van der Waals surface area contributed by atoms with Crippen molar-refractivity contribution in [3.8, 4) is 67.5 Å². The third-order valence-electron chi connectivity index (χ3n) is 10.2. The summed E-state index contributed by atoms with van der Waals surface area (Å²) in [6, 6.07) is 58.4. The van der Waals surface area contributed by atoms with Gasteiger partial charge in [0.1, 0.15) is 0 Å². The minimum absolute atomic E-state index is 0.655. The summed E-state index contributed by atoms with van der Waals surface area (Å²) in [7, 11) is 0. The minimum atomic E-state index is 0.655. The quantitative estimate of drug-likeness (QED) is 0.188. The summed E-state index contributed by atoms with van der Waals surface area (Å²) in [6.45, 7) is 0. The largest absolute Gasteiger partial charge is 0.208 e. The number of nitrogens with zero attached hydrogens (tertiary/aromatic N) is 3. The first-order valence-electron chi connectivity index (χ1n) is 17.2. The summed E-state index contributed by atoms with van der Waals surface area (Å²) in [6.07, 6.45) is 0. The van der Waals surface area contributed by atoms with Crippen LogP contribution in [0, 0.1) is 0 Å². The number of aromatic nitrogens is 3. The topological polar surface area (TPSA) is 38.7 Å². The van der Waals surface area contributed by atoms with Gasteiger partial charge in [0.25, 0.3) is 0 Å². The highest BCUT2D eigenvalue weighted by Gasteiger charge is 2.29. The van der Waals surface area contributed by atoms with Crippen LogP contribution >= 0.6 is 11.3 Å².